The van der Waals surface area contributed by atoms with Gasteiger partial charge in [0.25, 0.3) is 0 Å². The largest absolute Gasteiger partial charge is 0.479 e. The molecular weight excluding hydrogens is 240 g/mol. The molecule has 0 fully saturated rings. The van der Waals surface area contributed by atoms with Crippen LogP contribution in [0.4, 0.5) is 0 Å². The van der Waals surface area contributed by atoms with E-state index < -0.39 is 12.1 Å². The third-order valence-electron chi connectivity index (χ3n) is 3.74. The topological polar surface area (TPSA) is 46.5 Å². The van der Waals surface area contributed by atoms with Crippen LogP contribution in [0.2, 0.25) is 0 Å². The van der Waals surface area contributed by atoms with E-state index in [1.54, 1.807) is 6.92 Å². The summed E-state index contributed by atoms with van der Waals surface area (Å²) >= 11 is 0. The van der Waals surface area contributed by atoms with Gasteiger partial charge in [-0.2, -0.15) is 0 Å². The van der Waals surface area contributed by atoms with Crippen LogP contribution < -0.4 is 4.74 Å². The molecule has 1 aromatic rings. The number of hydrogen-bond acceptors (Lipinski definition) is 2. The first-order chi connectivity index (χ1) is 8.81. The molecule has 0 saturated carbocycles. The van der Waals surface area contributed by atoms with Crippen molar-refractivity contribution in [2.24, 2.45) is 0 Å². The van der Waals surface area contributed by atoms with Crippen LogP contribution in [0.25, 0.3) is 0 Å². The van der Waals surface area contributed by atoms with Gasteiger partial charge in [-0.15, -0.1) is 0 Å². The Bertz CT molecular complexity index is 449. The number of aryl methyl sites for hydroxylation is 1. The molecular formula is C16H24O3. The van der Waals surface area contributed by atoms with Crippen molar-refractivity contribution in [3.63, 3.8) is 0 Å². The number of rotatable bonds is 6. The summed E-state index contributed by atoms with van der Waals surface area (Å²) in [7, 11) is 0. The molecule has 0 aliphatic heterocycles. The van der Waals surface area contributed by atoms with Gasteiger partial charge in [0.1, 0.15) is 5.75 Å². The molecule has 1 rings (SSSR count). The van der Waals surface area contributed by atoms with E-state index in [0.717, 1.165) is 12.0 Å². The summed E-state index contributed by atoms with van der Waals surface area (Å²) in [6.45, 7) is 10.4. The fourth-order valence-electron chi connectivity index (χ4n) is 2.13. The Hall–Kier alpha value is -1.51. The Morgan fingerprint density at radius 3 is 2.42 bits per heavy atom. The summed E-state index contributed by atoms with van der Waals surface area (Å²) in [5.74, 6) is -0.291. The Kier molecular flexibility index (Phi) is 4.98. The average molecular weight is 264 g/mol. The normalized spacial score (nSPS) is 13.1. The van der Waals surface area contributed by atoms with Gasteiger partial charge in [0.2, 0.25) is 0 Å². The van der Waals surface area contributed by atoms with Crippen molar-refractivity contribution < 1.29 is 14.6 Å². The predicted octanol–water partition coefficient (Wildman–Crippen LogP) is 3.92. The van der Waals surface area contributed by atoms with Crippen molar-refractivity contribution in [2.45, 2.75) is 59.0 Å². The molecule has 3 heteroatoms. The third kappa shape index (κ3) is 3.72. The molecule has 0 amide bonds. The van der Waals surface area contributed by atoms with E-state index in [1.165, 1.54) is 5.56 Å². The highest BCUT2D eigenvalue weighted by molar-refractivity contribution is 5.72. The Balaban J connectivity index is 2.97. The highest BCUT2D eigenvalue weighted by Crippen LogP contribution is 2.31. The van der Waals surface area contributed by atoms with Crippen LogP contribution in [-0.4, -0.2) is 17.2 Å². The van der Waals surface area contributed by atoms with Gasteiger partial charge in [0.15, 0.2) is 6.10 Å². The number of aliphatic carboxylic acids is 1. The van der Waals surface area contributed by atoms with Gasteiger partial charge in [0, 0.05) is 0 Å². The minimum absolute atomic E-state index is 0.125. The van der Waals surface area contributed by atoms with Crippen molar-refractivity contribution in [1.29, 1.82) is 0 Å². The molecule has 0 heterocycles. The molecule has 3 nitrogen and oxygen atoms in total. The Labute approximate surface area is 115 Å². The lowest BCUT2D eigenvalue weighted by atomic mass is 9.80. The van der Waals surface area contributed by atoms with Crippen LogP contribution >= 0.6 is 0 Å². The van der Waals surface area contributed by atoms with Crippen LogP contribution in [0.15, 0.2) is 18.2 Å². The molecule has 0 aromatic heterocycles. The Morgan fingerprint density at radius 2 is 2.00 bits per heavy atom. The molecule has 19 heavy (non-hydrogen) atoms. The highest BCUT2D eigenvalue weighted by atomic mass is 16.5. The maximum atomic E-state index is 11.0. The molecule has 1 atom stereocenters. The van der Waals surface area contributed by atoms with Gasteiger partial charge in [-0.3, -0.25) is 0 Å². The minimum Gasteiger partial charge on any atom is -0.479 e. The summed E-state index contributed by atoms with van der Waals surface area (Å²) in [6, 6.07) is 5.84. The summed E-state index contributed by atoms with van der Waals surface area (Å²) in [4.78, 5) is 11.0. The molecule has 0 radical (unpaired) electrons. The summed E-state index contributed by atoms with van der Waals surface area (Å²) in [5, 5.41) is 9.00. The highest BCUT2D eigenvalue weighted by Gasteiger charge is 2.21. The van der Waals surface area contributed by atoms with Crippen molar-refractivity contribution in [1.82, 2.24) is 0 Å². The zero-order valence-electron chi connectivity index (χ0n) is 12.5. The third-order valence-corrected chi connectivity index (χ3v) is 3.74. The van der Waals surface area contributed by atoms with E-state index in [-0.39, 0.29) is 5.41 Å². The van der Waals surface area contributed by atoms with Gasteiger partial charge in [-0.25, -0.2) is 4.79 Å². The molecule has 0 aliphatic rings. The van der Waals surface area contributed by atoms with Crippen molar-refractivity contribution >= 4 is 5.97 Å². The first-order valence-electron chi connectivity index (χ1n) is 6.82. The number of ether oxygens (including phenoxy) is 1. The number of carboxylic acids is 1. The smallest absolute Gasteiger partial charge is 0.344 e. The van der Waals surface area contributed by atoms with Crippen molar-refractivity contribution in [2.75, 3.05) is 0 Å². The van der Waals surface area contributed by atoms with Crippen LogP contribution in [0.5, 0.6) is 5.75 Å². The molecule has 0 saturated heterocycles. The van der Waals surface area contributed by atoms with Crippen LogP contribution in [0.3, 0.4) is 0 Å². The summed E-state index contributed by atoms with van der Waals surface area (Å²) in [6.07, 6.45) is 0.738. The van der Waals surface area contributed by atoms with Gasteiger partial charge in [0.05, 0.1) is 0 Å². The first kappa shape index (κ1) is 15.5. The monoisotopic (exact) mass is 264 g/mol. The van der Waals surface area contributed by atoms with E-state index in [0.29, 0.717) is 12.2 Å². The number of hydrogen-bond donors (Lipinski definition) is 1. The van der Waals surface area contributed by atoms with Crippen LogP contribution in [0.1, 0.15) is 51.7 Å². The fourth-order valence-corrected chi connectivity index (χ4v) is 2.13. The van der Waals surface area contributed by atoms with Gasteiger partial charge >= 0.3 is 5.97 Å². The van der Waals surface area contributed by atoms with Crippen molar-refractivity contribution in [3.05, 3.63) is 29.3 Å². The number of carbonyl (C=O) groups is 1. The lowest BCUT2D eigenvalue weighted by molar-refractivity contribution is -0.145. The molecule has 0 aliphatic carbocycles. The van der Waals surface area contributed by atoms with E-state index in [2.05, 4.69) is 20.8 Å². The second-order valence-corrected chi connectivity index (χ2v) is 5.57. The van der Waals surface area contributed by atoms with E-state index in [4.69, 9.17) is 9.84 Å². The fraction of sp³-hybridized carbons (Fsp3) is 0.562. The summed E-state index contributed by atoms with van der Waals surface area (Å²) in [5.41, 5.74) is 2.55. The van der Waals surface area contributed by atoms with E-state index in [1.807, 2.05) is 25.1 Å². The zero-order chi connectivity index (χ0) is 14.6. The number of carboxylic acid groups (broad SMARTS) is 1. The molecule has 1 aromatic carbocycles. The van der Waals surface area contributed by atoms with Crippen LogP contribution in [-0.2, 0) is 10.2 Å². The molecule has 0 bridgehead atoms. The van der Waals surface area contributed by atoms with Crippen molar-refractivity contribution in [3.8, 4) is 5.75 Å². The predicted molar refractivity (Wildman–Crippen MR) is 76.8 cm³/mol. The van der Waals surface area contributed by atoms with E-state index in [9.17, 15) is 4.79 Å². The maximum Gasteiger partial charge on any atom is 0.344 e. The maximum absolute atomic E-state index is 11.0. The standard InChI is InChI=1S/C16H24O3/c1-6-14(15(17)18)19-12-8-9-13(11(3)10-12)16(4,5)7-2/h8-10,14H,6-7H2,1-5H3,(H,17,18). The quantitative estimate of drug-likeness (QED) is 0.847. The number of benzene rings is 1. The van der Waals surface area contributed by atoms with Gasteiger partial charge in [-0.1, -0.05) is 33.8 Å². The molecule has 1 N–H and O–H groups in total. The van der Waals surface area contributed by atoms with Gasteiger partial charge < -0.3 is 9.84 Å². The first-order valence-corrected chi connectivity index (χ1v) is 6.82. The minimum atomic E-state index is -0.918. The molecule has 0 spiro atoms. The lowest BCUT2D eigenvalue weighted by Crippen LogP contribution is -2.26. The zero-order valence-corrected chi connectivity index (χ0v) is 12.5. The molecule has 106 valence electrons. The SMILES string of the molecule is CCC(Oc1ccc(C(C)(C)CC)c(C)c1)C(=O)O. The van der Waals surface area contributed by atoms with Crippen LogP contribution in [0, 0.1) is 6.92 Å². The van der Waals surface area contributed by atoms with Gasteiger partial charge in [-0.05, 0) is 48.4 Å². The second kappa shape index (κ2) is 6.09. The van der Waals surface area contributed by atoms with E-state index >= 15 is 0 Å². The Morgan fingerprint density at radius 1 is 1.37 bits per heavy atom. The summed E-state index contributed by atoms with van der Waals surface area (Å²) < 4.78 is 5.51. The lowest BCUT2D eigenvalue weighted by Gasteiger charge is -2.26. The second-order valence-electron chi connectivity index (χ2n) is 5.57. The molecule has 1 unspecified atom stereocenters. The average Bonchev–Trinajstić information content (AvgIpc) is 2.35.